The fourth-order valence-electron chi connectivity index (χ4n) is 1.58. The summed E-state index contributed by atoms with van der Waals surface area (Å²) in [5.74, 6) is 0.272. The number of rotatable bonds is 4. The fourth-order valence-corrected chi connectivity index (χ4v) is 1.58. The van der Waals surface area contributed by atoms with Crippen LogP contribution in [0.1, 0.15) is 11.4 Å². The molecule has 1 amide bonds. The standard InChI is InChI=1S/C13H14N4O3/c1-9-14-4-5-17(9)8-13(20)16-15-7-10-2-3-11(18)6-12(10)19/h2-7,18-19H,8H2,1H3,(H,16,20)/b15-7+. The van der Waals surface area contributed by atoms with Gasteiger partial charge < -0.3 is 14.8 Å². The summed E-state index contributed by atoms with van der Waals surface area (Å²) in [6, 6.07) is 4.09. The minimum absolute atomic E-state index is 0.0423. The lowest BCUT2D eigenvalue weighted by atomic mass is 10.2. The van der Waals surface area contributed by atoms with Gasteiger partial charge in [0.1, 0.15) is 23.9 Å². The molecule has 7 nitrogen and oxygen atoms in total. The Bertz CT molecular complexity index is 649. The Labute approximate surface area is 115 Å². The largest absolute Gasteiger partial charge is 0.508 e. The smallest absolute Gasteiger partial charge is 0.260 e. The third-order valence-electron chi connectivity index (χ3n) is 2.64. The molecule has 2 aromatic rings. The average Bonchev–Trinajstić information content (AvgIpc) is 2.78. The molecule has 1 aromatic heterocycles. The van der Waals surface area contributed by atoms with Crippen molar-refractivity contribution in [3.8, 4) is 11.5 Å². The van der Waals surface area contributed by atoms with E-state index in [-0.39, 0.29) is 24.0 Å². The number of benzene rings is 1. The van der Waals surface area contributed by atoms with E-state index in [1.165, 1.54) is 24.4 Å². The number of hydrogen-bond donors (Lipinski definition) is 3. The second-order valence-electron chi connectivity index (χ2n) is 4.14. The highest BCUT2D eigenvalue weighted by Crippen LogP contribution is 2.20. The average molecular weight is 274 g/mol. The number of carbonyl (C=O) groups is 1. The van der Waals surface area contributed by atoms with E-state index in [9.17, 15) is 9.90 Å². The number of phenols is 2. The Kier molecular flexibility index (Phi) is 3.99. The van der Waals surface area contributed by atoms with Crippen LogP contribution in [0.2, 0.25) is 0 Å². The van der Waals surface area contributed by atoms with Gasteiger partial charge in [0.05, 0.1) is 6.21 Å². The summed E-state index contributed by atoms with van der Waals surface area (Å²) >= 11 is 0. The summed E-state index contributed by atoms with van der Waals surface area (Å²) < 4.78 is 1.68. The van der Waals surface area contributed by atoms with Crippen LogP contribution in [0.5, 0.6) is 11.5 Å². The molecule has 20 heavy (non-hydrogen) atoms. The van der Waals surface area contributed by atoms with E-state index in [0.717, 1.165) is 5.82 Å². The molecule has 1 heterocycles. The minimum Gasteiger partial charge on any atom is -0.508 e. The first-order valence-corrected chi connectivity index (χ1v) is 5.88. The van der Waals surface area contributed by atoms with Gasteiger partial charge in [0, 0.05) is 24.0 Å². The molecule has 3 N–H and O–H groups in total. The minimum atomic E-state index is -0.305. The Morgan fingerprint density at radius 1 is 1.50 bits per heavy atom. The van der Waals surface area contributed by atoms with Crippen molar-refractivity contribution in [3.05, 3.63) is 42.0 Å². The van der Waals surface area contributed by atoms with E-state index < -0.39 is 0 Å². The summed E-state index contributed by atoms with van der Waals surface area (Å²) in [5.41, 5.74) is 2.74. The van der Waals surface area contributed by atoms with Crippen LogP contribution in [-0.4, -0.2) is 31.9 Å². The van der Waals surface area contributed by atoms with Gasteiger partial charge >= 0.3 is 0 Å². The number of amides is 1. The summed E-state index contributed by atoms with van der Waals surface area (Å²) in [6.45, 7) is 1.91. The Balaban J connectivity index is 1.93. The van der Waals surface area contributed by atoms with E-state index in [4.69, 9.17) is 5.11 Å². The maximum absolute atomic E-state index is 11.6. The van der Waals surface area contributed by atoms with Gasteiger partial charge in [-0.15, -0.1) is 0 Å². The first-order valence-electron chi connectivity index (χ1n) is 5.88. The molecule has 0 fully saturated rings. The quantitative estimate of drug-likeness (QED) is 0.566. The van der Waals surface area contributed by atoms with Crippen molar-refractivity contribution >= 4 is 12.1 Å². The third kappa shape index (κ3) is 3.35. The maximum atomic E-state index is 11.6. The van der Waals surface area contributed by atoms with Gasteiger partial charge in [-0.3, -0.25) is 4.79 Å². The number of nitrogens with one attached hydrogen (secondary N) is 1. The van der Waals surface area contributed by atoms with E-state index >= 15 is 0 Å². The molecule has 0 aliphatic heterocycles. The van der Waals surface area contributed by atoms with Gasteiger partial charge in [-0.1, -0.05) is 0 Å². The monoisotopic (exact) mass is 274 g/mol. The third-order valence-corrected chi connectivity index (χ3v) is 2.64. The van der Waals surface area contributed by atoms with Crippen molar-refractivity contribution in [2.24, 2.45) is 5.10 Å². The number of aromatic hydroxyl groups is 2. The van der Waals surface area contributed by atoms with Crippen molar-refractivity contribution in [1.82, 2.24) is 15.0 Å². The molecule has 1 aromatic carbocycles. The molecular formula is C13H14N4O3. The zero-order chi connectivity index (χ0) is 14.5. The highest BCUT2D eigenvalue weighted by molar-refractivity contribution is 5.85. The zero-order valence-corrected chi connectivity index (χ0v) is 10.8. The summed E-state index contributed by atoms with van der Waals surface area (Å²) in [6.07, 6.45) is 4.61. The molecule has 0 unspecified atom stereocenters. The van der Waals surface area contributed by atoms with Gasteiger partial charge in [-0.2, -0.15) is 5.10 Å². The molecular weight excluding hydrogens is 260 g/mol. The molecule has 104 valence electrons. The molecule has 0 spiro atoms. The lowest BCUT2D eigenvalue weighted by molar-refractivity contribution is -0.121. The number of nitrogens with zero attached hydrogens (tertiary/aromatic N) is 3. The van der Waals surface area contributed by atoms with Crippen LogP contribution in [0.3, 0.4) is 0 Å². The van der Waals surface area contributed by atoms with Crippen molar-refractivity contribution in [2.75, 3.05) is 0 Å². The first-order chi connectivity index (χ1) is 9.56. The molecule has 0 saturated heterocycles. The van der Waals surface area contributed by atoms with Gasteiger partial charge in [-0.05, 0) is 19.1 Å². The van der Waals surface area contributed by atoms with Gasteiger partial charge in [0.15, 0.2) is 0 Å². The first kappa shape index (κ1) is 13.6. The normalized spacial score (nSPS) is 10.8. The Hall–Kier alpha value is -2.83. The molecule has 7 heteroatoms. The highest BCUT2D eigenvalue weighted by Gasteiger charge is 2.04. The zero-order valence-electron chi connectivity index (χ0n) is 10.8. The van der Waals surface area contributed by atoms with Crippen molar-refractivity contribution in [1.29, 1.82) is 0 Å². The number of phenolic OH excluding ortho intramolecular Hbond substituents is 2. The van der Waals surface area contributed by atoms with Crippen LogP contribution < -0.4 is 5.43 Å². The Morgan fingerprint density at radius 3 is 2.95 bits per heavy atom. The van der Waals surface area contributed by atoms with Crippen LogP contribution in [0.4, 0.5) is 0 Å². The maximum Gasteiger partial charge on any atom is 0.260 e. The lowest BCUT2D eigenvalue weighted by Crippen LogP contribution is -2.23. The molecule has 0 aliphatic carbocycles. The second-order valence-corrected chi connectivity index (χ2v) is 4.14. The van der Waals surface area contributed by atoms with Crippen molar-refractivity contribution < 1.29 is 15.0 Å². The van der Waals surface area contributed by atoms with Crippen LogP contribution in [0, 0.1) is 6.92 Å². The lowest BCUT2D eigenvalue weighted by Gasteiger charge is -2.03. The summed E-state index contributed by atoms with van der Waals surface area (Å²) in [5, 5.41) is 22.4. The second kappa shape index (κ2) is 5.87. The predicted octanol–water partition coefficient (Wildman–Crippen LogP) is 0.753. The number of aromatic nitrogens is 2. The van der Waals surface area contributed by atoms with E-state index in [2.05, 4.69) is 15.5 Å². The molecule has 2 rings (SSSR count). The number of hydrogen-bond acceptors (Lipinski definition) is 5. The number of aryl methyl sites for hydroxylation is 1. The highest BCUT2D eigenvalue weighted by atomic mass is 16.3. The predicted molar refractivity (Wildman–Crippen MR) is 72.5 cm³/mol. The summed E-state index contributed by atoms with van der Waals surface area (Å²) in [4.78, 5) is 15.6. The fraction of sp³-hybridized carbons (Fsp3) is 0.154. The molecule has 0 atom stereocenters. The number of carbonyl (C=O) groups excluding carboxylic acids is 1. The summed E-state index contributed by atoms with van der Waals surface area (Å²) in [7, 11) is 0. The van der Waals surface area contributed by atoms with E-state index in [0.29, 0.717) is 5.56 Å². The van der Waals surface area contributed by atoms with Crippen molar-refractivity contribution in [2.45, 2.75) is 13.5 Å². The SMILES string of the molecule is Cc1nccn1CC(=O)N/N=C/c1ccc(O)cc1O. The van der Waals surface area contributed by atoms with Crippen LogP contribution in [0.25, 0.3) is 0 Å². The molecule has 0 radical (unpaired) electrons. The molecule has 0 saturated carbocycles. The molecule has 0 bridgehead atoms. The number of imidazole rings is 1. The topological polar surface area (TPSA) is 99.7 Å². The van der Waals surface area contributed by atoms with Crippen LogP contribution in [0.15, 0.2) is 35.7 Å². The Morgan fingerprint density at radius 2 is 2.30 bits per heavy atom. The van der Waals surface area contributed by atoms with Gasteiger partial charge in [0.2, 0.25) is 0 Å². The van der Waals surface area contributed by atoms with Gasteiger partial charge in [0.25, 0.3) is 5.91 Å². The van der Waals surface area contributed by atoms with E-state index in [1.807, 2.05) is 0 Å². The van der Waals surface area contributed by atoms with Gasteiger partial charge in [-0.25, -0.2) is 10.4 Å². The van der Waals surface area contributed by atoms with Crippen LogP contribution in [-0.2, 0) is 11.3 Å². The number of hydrazone groups is 1. The van der Waals surface area contributed by atoms with E-state index in [1.54, 1.807) is 23.9 Å². The van der Waals surface area contributed by atoms with Crippen molar-refractivity contribution in [3.63, 3.8) is 0 Å². The molecule has 0 aliphatic rings. The van der Waals surface area contributed by atoms with Crippen LogP contribution >= 0.6 is 0 Å².